The van der Waals surface area contributed by atoms with Crippen LogP contribution in [-0.4, -0.2) is 109 Å². The van der Waals surface area contributed by atoms with Crippen molar-refractivity contribution in [1.29, 1.82) is 5.26 Å². The number of nitrogens with one attached hydrogen (secondary N) is 4. The molecule has 3 aromatic carbocycles. The average Bonchev–Trinajstić information content (AvgIpc) is 3.34. The van der Waals surface area contributed by atoms with E-state index in [4.69, 9.17) is 31.4 Å². The van der Waals surface area contributed by atoms with Crippen LogP contribution in [0.4, 0.5) is 0 Å². The molecule has 2 heterocycles. The molecule has 1 aliphatic rings. The number of aromatic nitrogens is 2. The summed E-state index contributed by atoms with van der Waals surface area (Å²) in [4.78, 5) is 81.1. The second-order valence-electron chi connectivity index (χ2n) is 17.5. The van der Waals surface area contributed by atoms with Crippen molar-refractivity contribution in [2.75, 3.05) is 46.4 Å². The zero-order valence-corrected chi connectivity index (χ0v) is 41.7. The van der Waals surface area contributed by atoms with E-state index in [0.29, 0.717) is 50.9 Å². The largest absolute Gasteiger partial charge is 0.492 e. The van der Waals surface area contributed by atoms with Crippen molar-refractivity contribution in [3.8, 4) is 40.5 Å². The molecule has 4 bridgehead atoms. The van der Waals surface area contributed by atoms with E-state index in [2.05, 4.69) is 51.1 Å². The normalized spacial score (nSPS) is 16.0. The molecule has 1 aliphatic heterocycles. The van der Waals surface area contributed by atoms with Gasteiger partial charge in [-0.05, 0) is 118 Å². The molecule has 19 heteroatoms. The van der Waals surface area contributed by atoms with Gasteiger partial charge in [0.1, 0.15) is 61.2 Å². The number of hydrogen-bond donors (Lipinski definition) is 7. The molecule has 0 saturated heterocycles. The van der Waals surface area contributed by atoms with Crippen LogP contribution in [0.15, 0.2) is 54.6 Å². The predicted octanol–water partition coefficient (Wildman–Crippen LogP) is 3.75. The molecule has 0 spiro atoms. The minimum Gasteiger partial charge on any atom is -0.492 e. The van der Waals surface area contributed by atoms with E-state index in [-0.39, 0.29) is 63.8 Å². The molecule has 4 aromatic rings. The van der Waals surface area contributed by atoms with Crippen LogP contribution in [0.25, 0.3) is 11.1 Å². The van der Waals surface area contributed by atoms with Crippen molar-refractivity contribution in [2.24, 2.45) is 17.2 Å². The molecule has 0 fully saturated rings. The SMILES string of the molecule is CCCCc1ccc(Oc2nc(C)c(C(=O)NC(CCN)C(=O)N(C)C3C(=O)NC(C)C(=O)NC(C(=O)NCC#N)Cc4ccc(OCCN)c(c4)-c4cc3ccc4OCCN)c(C)n2)cc1CCCC. The van der Waals surface area contributed by atoms with E-state index in [1.165, 1.54) is 30.0 Å². The third-order valence-corrected chi connectivity index (χ3v) is 12.1. The number of fused-ring (bicyclic) bond motifs is 5. The summed E-state index contributed by atoms with van der Waals surface area (Å²) < 4.78 is 18.4. The molecule has 1 aromatic heterocycles. The Morgan fingerprint density at radius 2 is 1.48 bits per heavy atom. The lowest BCUT2D eigenvalue weighted by molar-refractivity contribution is -0.141. The van der Waals surface area contributed by atoms with Crippen molar-refractivity contribution in [3.05, 3.63) is 93.8 Å². The van der Waals surface area contributed by atoms with Crippen LogP contribution in [0.1, 0.15) is 103 Å². The highest BCUT2D eigenvalue weighted by atomic mass is 16.5. The quantitative estimate of drug-likeness (QED) is 0.0553. The Balaban J connectivity index is 1.52. The second-order valence-corrected chi connectivity index (χ2v) is 17.5. The number of nitriles is 1. The fraction of sp³-hybridized carbons (Fsp3) is 0.462. The minimum absolute atomic E-state index is 0.00266. The summed E-state index contributed by atoms with van der Waals surface area (Å²) in [5.74, 6) is -2.06. The number of carbonyl (C=O) groups excluding carboxylic acids is 5. The van der Waals surface area contributed by atoms with E-state index in [1.54, 1.807) is 50.2 Å². The molecule has 4 atom stereocenters. The van der Waals surface area contributed by atoms with Gasteiger partial charge in [-0.2, -0.15) is 15.2 Å². The number of rotatable bonds is 22. The lowest BCUT2D eigenvalue weighted by atomic mass is 9.93. The van der Waals surface area contributed by atoms with E-state index >= 15 is 0 Å². The molecule has 10 N–H and O–H groups in total. The number of amides is 5. The maximum atomic E-state index is 14.8. The van der Waals surface area contributed by atoms with Crippen LogP contribution in [0.5, 0.6) is 23.3 Å². The summed E-state index contributed by atoms with van der Waals surface area (Å²) in [6, 6.07) is 13.1. The summed E-state index contributed by atoms with van der Waals surface area (Å²) in [6.07, 6.45) is 6.19. The molecule has 4 unspecified atom stereocenters. The summed E-state index contributed by atoms with van der Waals surface area (Å²) >= 11 is 0. The fourth-order valence-corrected chi connectivity index (χ4v) is 8.40. The monoisotopic (exact) mass is 976 g/mol. The lowest BCUT2D eigenvalue weighted by Crippen LogP contribution is -2.56. The molecule has 0 aliphatic carbocycles. The van der Waals surface area contributed by atoms with Gasteiger partial charge in [-0.15, -0.1) is 0 Å². The predicted molar refractivity (Wildman–Crippen MR) is 269 cm³/mol. The third kappa shape index (κ3) is 14.5. The van der Waals surface area contributed by atoms with Crippen molar-refractivity contribution in [1.82, 2.24) is 36.1 Å². The van der Waals surface area contributed by atoms with Crippen LogP contribution in [0.2, 0.25) is 0 Å². The van der Waals surface area contributed by atoms with Crippen molar-refractivity contribution >= 4 is 29.5 Å². The zero-order valence-electron chi connectivity index (χ0n) is 41.7. The molecular formula is C52H69N11O8. The molecular weight excluding hydrogens is 907 g/mol. The number of aryl methyl sites for hydroxylation is 4. The van der Waals surface area contributed by atoms with Gasteiger partial charge in [0.25, 0.3) is 5.91 Å². The summed E-state index contributed by atoms with van der Waals surface area (Å²) in [6.45, 7) is 9.41. The molecule has 0 saturated carbocycles. The van der Waals surface area contributed by atoms with Gasteiger partial charge in [0.2, 0.25) is 23.6 Å². The number of likely N-dealkylation sites (N-methyl/N-ethyl adjacent to an activating group) is 1. The number of unbranched alkanes of at least 4 members (excludes halogenated alkanes) is 2. The Bertz CT molecular complexity index is 2540. The van der Waals surface area contributed by atoms with Crippen molar-refractivity contribution in [3.63, 3.8) is 0 Å². The summed E-state index contributed by atoms with van der Waals surface area (Å²) in [5.41, 5.74) is 22.9. The number of nitrogens with zero attached hydrogens (tertiary/aromatic N) is 4. The Morgan fingerprint density at radius 1 is 0.845 bits per heavy atom. The highest BCUT2D eigenvalue weighted by molar-refractivity contribution is 6.00. The van der Waals surface area contributed by atoms with E-state index in [0.717, 1.165) is 38.5 Å². The van der Waals surface area contributed by atoms with Gasteiger partial charge >= 0.3 is 6.01 Å². The first-order valence-corrected chi connectivity index (χ1v) is 24.3. The Morgan fingerprint density at radius 3 is 2.10 bits per heavy atom. The summed E-state index contributed by atoms with van der Waals surface area (Å²) in [5, 5.41) is 20.0. The number of ether oxygens (including phenoxy) is 3. The molecule has 5 rings (SSSR count). The third-order valence-electron chi connectivity index (χ3n) is 12.1. The topological polar surface area (TPSA) is 292 Å². The van der Waals surface area contributed by atoms with Gasteiger partial charge in [0.05, 0.1) is 23.0 Å². The van der Waals surface area contributed by atoms with Crippen LogP contribution < -0.4 is 52.7 Å². The molecule has 19 nitrogen and oxygen atoms in total. The lowest BCUT2D eigenvalue weighted by Gasteiger charge is -2.32. The van der Waals surface area contributed by atoms with Crippen LogP contribution in [0.3, 0.4) is 0 Å². The van der Waals surface area contributed by atoms with Gasteiger partial charge in [-0.3, -0.25) is 24.0 Å². The van der Waals surface area contributed by atoms with Crippen molar-refractivity contribution < 1.29 is 38.2 Å². The first kappa shape index (κ1) is 54.8. The first-order valence-electron chi connectivity index (χ1n) is 24.3. The van der Waals surface area contributed by atoms with E-state index < -0.39 is 53.7 Å². The number of hydrogen-bond acceptors (Lipinski definition) is 14. The standard InChI is InChI=1S/C52H69N11O8/c1-7-9-11-35-14-16-38(29-36(35)12-10-8-2)71-52-59-31(3)45(32(4)60-52)49(66)61-41(19-20-53)51(68)63(6)46-37-15-18-44(70-26-23-56)40(30-37)39-27-34(13-17-43(39)69-25-22-55)28-42(48(65)57-24-21-54)62-47(64)33(5)58-50(46)67/h13-18,27,29-30,33,41-42,46H,7-12,19-20,22-26,28,53,55-56H2,1-6H3,(H,57,65)(H,58,67)(H,61,66)(H,62,64). The maximum Gasteiger partial charge on any atom is 0.322 e. The number of carbonyl (C=O) groups is 5. The molecule has 0 radical (unpaired) electrons. The zero-order chi connectivity index (χ0) is 51.6. The fourth-order valence-electron chi connectivity index (χ4n) is 8.40. The maximum absolute atomic E-state index is 14.8. The van der Waals surface area contributed by atoms with E-state index in [1.807, 2.05) is 18.2 Å². The molecule has 71 heavy (non-hydrogen) atoms. The van der Waals surface area contributed by atoms with E-state index in [9.17, 15) is 29.2 Å². The molecule has 380 valence electrons. The van der Waals surface area contributed by atoms with Crippen LogP contribution >= 0.6 is 0 Å². The Kier molecular flexibility index (Phi) is 20.6. The highest BCUT2D eigenvalue weighted by Gasteiger charge is 2.36. The summed E-state index contributed by atoms with van der Waals surface area (Å²) in [7, 11) is 1.41. The smallest absolute Gasteiger partial charge is 0.322 e. The number of nitrogens with two attached hydrogens (primary N) is 3. The molecule has 5 amide bonds. The van der Waals surface area contributed by atoms with Gasteiger partial charge in [-0.1, -0.05) is 44.9 Å². The Hall–Kier alpha value is -7.14. The highest BCUT2D eigenvalue weighted by Crippen LogP contribution is 2.40. The Labute approximate surface area is 416 Å². The van der Waals surface area contributed by atoms with Gasteiger partial charge in [-0.25, -0.2) is 0 Å². The van der Waals surface area contributed by atoms with Gasteiger partial charge in [0.15, 0.2) is 0 Å². The van der Waals surface area contributed by atoms with Crippen LogP contribution in [-0.2, 0) is 38.4 Å². The van der Waals surface area contributed by atoms with Gasteiger partial charge < -0.3 is 57.6 Å². The average molecular weight is 976 g/mol. The van der Waals surface area contributed by atoms with Crippen LogP contribution in [0, 0.1) is 25.2 Å². The van der Waals surface area contributed by atoms with Gasteiger partial charge in [0, 0.05) is 37.7 Å². The minimum atomic E-state index is -1.42. The second kappa shape index (κ2) is 26.7. The van der Waals surface area contributed by atoms with Crippen molar-refractivity contribution in [2.45, 2.75) is 110 Å². The number of benzene rings is 3. The first-order chi connectivity index (χ1) is 34.2.